The number of furan rings is 1. The van der Waals surface area contributed by atoms with Gasteiger partial charge in [-0.05, 0) is 47.6 Å². The molecule has 0 aliphatic heterocycles. The van der Waals surface area contributed by atoms with Gasteiger partial charge in [0.15, 0.2) is 0 Å². The van der Waals surface area contributed by atoms with E-state index in [2.05, 4.69) is 46.4 Å². The summed E-state index contributed by atoms with van der Waals surface area (Å²) in [5.74, 6) is 0. The van der Waals surface area contributed by atoms with Crippen LogP contribution in [0, 0.1) is 19.1 Å². The van der Waals surface area contributed by atoms with Crippen molar-refractivity contribution in [1.29, 1.82) is 0 Å². The molecule has 0 N–H and O–H groups in total. The fourth-order valence-corrected chi connectivity index (χ4v) is 4.44. The Hall–Kier alpha value is -4.44. The molecule has 4 heterocycles. The van der Waals surface area contributed by atoms with Crippen molar-refractivity contribution in [2.75, 3.05) is 0 Å². The number of hydrogen-bond donors (Lipinski definition) is 0. The van der Waals surface area contributed by atoms with E-state index in [-0.39, 0.29) is 20.1 Å². The van der Waals surface area contributed by atoms with Gasteiger partial charge in [-0.25, -0.2) is 4.98 Å². The second-order valence-electron chi connectivity index (χ2n) is 9.23. The summed E-state index contributed by atoms with van der Waals surface area (Å²) < 4.78 is 6.16. The van der Waals surface area contributed by atoms with Crippen LogP contribution in [0.3, 0.4) is 0 Å². The minimum absolute atomic E-state index is 0. The fourth-order valence-electron chi connectivity index (χ4n) is 4.44. The summed E-state index contributed by atoms with van der Waals surface area (Å²) in [5, 5.41) is 2.06. The van der Waals surface area contributed by atoms with Crippen LogP contribution in [0.2, 0.25) is 0 Å². The SMILES string of the molecule is Cc1ccc(-c2[c-]ccc3c2oc2nc(Cc4ccccc4)ccc23)nc1.[Ir].[c-]1ccccc1-c1ccccn1. The van der Waals surface area contributed by atoms with E-state index < -0.39 is 0 Å². The van der Waals surface area contributed by atoms with Crippen molar-refractivity contribution in [3.63, 3.8) is 0 Å². The Morgan fingerprint density at radius 3 is 2.30 bits per heavy atom. The Morgan fingerprint density at radius 1 is 0.700 bits per heavy atom. The van der Waals surface area contributed by atoms with Crippen molar-refractivity contribution < 1.29 is 24.5 Å². The van der Waals surface area contributed by atoms with Crippen LogP contribution in [0.4, 0.5) is 0 Å². The summed E-state index contributed by atoms with van der Waals surface area (Å²) in [6, 6.07) is 42.6. The molecule has 0 bridgehead atoms. The Kier molecular flexibility index (Phi) is 8.55. The summed E-state index contributed by atoms with van der Waals surface area (Å²) in [4.78, 5) is 13.5. The largest absolute Gasteiger partial charge is 0.486 e. The fraction of sp³-hybridized carbons (Fsp3) is 0.0571. The van der Waals surface area contributed by atoms with Crippen LogP contribution in [-0.2, 0) is 26.5 Å². The molecule has 4 nitrogen and oxygen atoms in total. The van der Waals surface area contributed by atoms with E-state index in [4.69, 9.17) is 9.40 Å². The Morgan fingerprint density at radius 2 is 1.55 bits per heavy atom. The van der Waals surface area contributed by atoms with Gasteiger partial charge < -0.3 is 14.4 Å². The van der Waals surface area contributed by atoms with E-state index in [1.165, 1.54) is 5.56 Å². The molecule has 0 aliphatic carbocycles. The predicted octanol–water partition coefficient (Wildman–Crippen LogP) is 8.29. The van der Waals surface area contributed by atoms with E-state index in [0.29, 0.717) is 5.71 Å². The third kappa shape index (κ3) is 6.07. The smallest absolute Gasteiger partial charge is 0.216 e. The quantitative estimate of drug-likeness (QED) is 0.174. The number of rotatable bonds is 4. The molecule has 0 saturated carbocycles. The molecule has 197 valence electrons. The van der Waals surface area contributed by atoms with Gasteiger partial charge >= 0.3 is 0 Å². The second-order valence-corrected chi connectivity index (χ2v) is 9.23. The number of fused-ring (bicyclic) bond motifs is 3. The summed E-state index contributed by atoms with van der Waals surface area (Å²) in [7, 11) is 0. The molecule has 5 heteroatoms. The topological polar surface area (TPSA) is 51.8 Å². The number of benzene rings is 3. The van der Waals surface area contributed by atoms with Gasteiger partial charge in [-0.15, -0.1) is 54.1 Å². The molecule has 7 rings (SSSR count). The van der Waals surface area contributed by atoms with Crippen LogP contribution in [0.5, 0.6) is 0 Å². The number of nitrogens with zero attached hydrogens (tertiary/aromatic N) is 3. The summed E-state index contributed by atoms with van der Waals surface area (Å²) in [6.07, 6.45) is 4.43. The van der Waals surface area contributed by atoms with Gasteiger partial charge in [0, 0.05) is 50.0 Å². The van der Waals surface area contributed by atoms with E-state index in [1.807, 2.05) is 98.0 Å². The van der Waals surface area contributed by atoms with Crippen LogP contribution in [0.15, 0.2) is 126 Å². The van der Waals surface area contributed by atoms with E-state index in [9.17, 15) is 0 Å². The molecule has 0 amide bonds. The number of aryl methyl sites for hydroxylation is 1. The molecular weight excluding hydrogens is 671 g/mol. The second kappa shape index (κ2) is 12.6. The normalized spacial score (nSPS) is 10.5. The van der Waals surface area contributed by atoms with Crippen LogP contribution in [0.1, 0.15) is 16.8 Å². The molecule has 0 spiro atoms. The van der Waals surface area contributed by atoms with E-state index >= 15 is 0 Å². The van der Waals surface area contributed by atoms with Crippen LogP contribution >= 0.6 is 0 Å². The van der Waals surface area contributed by atoms with Crippen molar-refractivity contribution in [3.8, 4) is 22.5 Å². The standard InChI is InChI=1S/C24H17N2O.C11H8N.Ir/c1-16-10-13-22(25-15-16)21-9-5-8-19-20-12-11-18(26-24(20)27-23(19)21)14-17-6-3-2-4-7-17;1-2-6-10(7-3-1)11-8-4-5-9-12-11;/h2-8,10-13,15H,14H2,1H3;1-6,8-9H;/q2*-1;. The van der Waals surface area contributed by atoms with Crippen molar-refractivity contribution >= 4 is 22.1 Å². The number of pyridine rings is 3. The maximum atomic E-state index is 6.16. The maximum absolute atomic E-state index is 6.16. The van der Waals surface area contributed by atoms with Crippen LogP contribution in [0.25, 0.3) is 44.6 Å². The van der Waals surface area contributed by atoms with Gasteiger partial charge in [0.05, 0.1) is 5.58 Å². The summed E-state index contributed by atoms with van der Waals surface area (Å²) in [6.45, 7) is 2.03. The van der Waals surface area contributed by atoms with Crippen molar-refractivity contribution in [2.45, 2.75) is 13.3 Å². The van der Waals surface area contributed by atoms with Crippen LogP contribution < -0.4 is 0 Å². The van der Waals surface area contributed by atoms with Crippen molar-refractivity contribution in [3.05, 3.63) is 151 Å². The Labute approximate surface area is 247 Å². The third-order valence-electron chi connectivity index (χ3n) is 6.40. The molecule has 0 fully saturated rings. The first kappa shape index (κ1) is 27.1. The van der Waals surface area contributed by atoms with Gasteiger partial charge in [-0.3, -0.25) is 0 Å². The zero-order valence-electron chi connectivity index (χ0n) is 21.8. The first-order chi connectivity index (χ1) is 19.2. The zero-order chi connectivity index (χ0) is 26.4. The Balaban J connectivity index is 0.000000209. The molecule has 0 atom stereocenters. The third-order valence-corrected chi connectivity index (χ3v) is 6.40. The molecule has 4 aromatic heterocycles. The molecule has 0 aliphatic rings. The minimum atomic E-state index is 0. The Bertz CT molecular complexity index is 1780. The zero-order valence-corrected chi connectivity index (χ0v) is 24.2. The van der Waals surface area contributed by atoms with Gasteiger partial charge in [-0.1, -0.05) is 65.5 Å². The van der Waals surface area contributed by atoms with Crippen molar-refractivity contribution in [1.82, 2.24) is 15.0 Å². The average molecular weight is 696 g/mol. The first-order valence-corrected chi connectivity index (χ1v) is 12.8. The molecule has 0 unspecified atom stereocenters. The molecule has 1 radical (unpaired) electrons. The van der Waals surface area contributed by atoms with Gasteiger partial charge in [0.1, 0.15) is 0 Å². The van der Waals surface area contributed by atoms with Crippen molar-refractivity contribution in [2.24, 2.45) is 0 Å². The van der Waals surface area contributed by atoms with Crippen LogP contribution in [-0.4, -0.2) is 15.0 Å². The number of aromatic nitrogens is 3. The molecular formula is C35H25IrN3O-2. The number of hydrogen-bond acceptors (Lipinski definition) is 4. The molecule has 7 aromatic rings. The van der Waals surface area contributed by atoms with Gasteiger partial charge in [0.25, 0.3) is 0 Å². The maximum Gasteiger partial charge on any atom is 0.216 e. The minimum Gasteiger partial charge on any atom is -0.486 e. The molecule has 3 aromatic carbocycles. The molecule has 40 heavy (non-hydrogen) atoms. The average Bonchev–Trinajstić information content (AvgIpc) is 3.37. The monoisotopic (exact) mass is 696 g/mol. The van der Waals surface area contributed by atoms with E-state index in [1.54, 1.807) is 6.20 Å². The van der Waals surface area contributed by atoms with Gasteiger partial charge in [-0.2, -0.15) is 0 Å². The molecule has 0 saturated heterocycles. The first-order valence-electron chi connectivity index (χ1n) is 12.8. The summed E-state index contributed by atoms with van der Waals surface area (Å²) in [5.41, 5.74) is 8.54. The predicted molar refractivity (Wildman–Crippen MR) is 156 cm³/mol. The van der Waals surface area contributed by atoms with E-state index in [0.717, 1.165) is 56.5 Å². The van der Waals surface area contributed by atoms with Gasteiger partial charge in [0.2, 0.25) is 5.71 Å². The summed E-state index contributed by atoms with van der Waals surface area (Å²) >= 11 is 0.